The van der Waals surface area contributed by atoms with Crippen molar-refractivity contribution < 1.29 is 14.3 Å². The molecular formula is C24H23N3O4S2. The number of ether oxygens (including phenoxy) is 1. The molecule has 170 valence electrons. The second-order valence-electron chi connectivity index (χ2n) is 8.69. The summed E-state index contributed by atoms with van der Waals surface area (Å²) < 4.78 is 7.53. The zero-order chi connectivity index (χ0) is 22.5. The van der Waals surface area contributed by atoms with Gasteiger partial charge in [0.05, 0.1) is 35.0 Å². The molecule has 2 aliphatic heterocycles. The van der Waals surface area contributed by atoms with Crippen LogP contribution in [0.2, 0.25) is 0 Å². The van der Waals surface area contributed by atoms with Crippen LogP contribution in [0, 0.1) is 0 Å². The van der Waals surface area contributed by atoms with E-state index < -0.39 is 0 Å². The number of thioether (sulfide) groups is 1. The average Bonchev–Trinajstić information content (AvgIpc) is 3.53. The Hall–Kier alpha value is -2.49. The molecule has 1 aliphatic carbocycles. The van der Waals surface area contributed by atoms with Crippen molar-refractivity contribution in [2.24, 2.45) is 0 Å². The van der Waals surface area contributed by atoms with Gasteiger partial charge in [-0.3, -0.25) is 23.9 Å². The number of hydrogen-bond acceptors (Lipinski definition) is 7. The summed E-state index contributed by atoms with van der Waals surface area (Å²) in [4.78, 5) is 47.4. The number of amides is 2. The lowest BCUT2D eigenvalue weighted by Gasteiger charge is -2.18. The molecule has 1 fully saturated rings. The van der Waals surface area contributed by atoms with Crippen molar-refractivity contribution in [3.8, 4) is 0 Å². The monoisotopic (exact) mass is 481 g/mol. The highest BCUT2D eigenvalue weighted by Crippen LogP contribution is 2.35. The van der Waals surface area contributed by atoms with Crippen LogP contribution >= 0.6 is 23.1 Å². The summed E-state index contributed by atoms with van der Waals surface area (Å²) in [6.45, 7) is 1.15. The van der Waals surface area contributed by atoms with E-state index in [9.17, 15) is 14.4 Å². The van der Waals surface area contributed by atoms with Gasteiger partial charge in [0.15, 0.2) is 5.16 Å². The number of fused-ring (bicyclic) bond motifs is 4. The van der Waals surface area contributed by atoms with E-state index in [1.165, 1.54) is 21.5 Å². The minimum Gasteiger partial charge on any atom is -0.376 e. The van der Waals surface area contributed by atoms with Crippen molar-refractivity contribution in [3.63, 3.8) is 0 Å². The zero-order valence-electron chi connectivity index (χ0n) is 18.0. The van der Waals surface area contributed by atoms with Crippen LogP contribution in [0.15, 0.2) is 34.2 Å². The first-order valence-corrected chi connectivity index (χ1v) is 13.2. The number of aryl methyl sites for hydroxylation is 2. The summed E-state index contributed by atoms with van der Waals surface area (Å²) in [6.07, 6.45) is 6.04. The molecule has 2 aromatic heterocycles. The topological polar surface area (TPSA) is 81.5 Å². The number of carbonyl (C=O) groups is 2. The molecule has 0 radical (unpaired) electrons. The Morgan fingerprint density at radius 2 is 1.82 bits per heavy atom. The largest absolute Gasteiger partial charge is 0.376 e. The number of benzene rings is 1. The Bertz CT molecular complexity index is 1300. The van der Waals surface area contributed by atoms with Crippen LogP contribution in [0.25, 0.3) is 10.2 Å². The third-order valence-electron chi connectivity index (χ3n) is 6.65. The molecule has 2 amide bonds. The third-order valence-corrected chi connectivity index (χ3v) is 8.79. The summed E-state index contributed by atoms with van der Waals surface area (Å²) in [5.74, 6) is -0.492. The second-order valence-corrected chi connectivity index (χ2v) is 10.7. The minimum atomic E-state index is -0.302. The molecule has 0 spiro atoms. The van der Waals surface area contributed by atoms with Gasteiger partial charge in [0.1, 0.15) is 4.83 Å². The first-order valence-electron chi connectivity index (χ1n) is 11.4. The van der Waals surface area contributed by atoms with Gasteiger partial charge in [-0.15, -0.1) is 11.3 Å². The van der Waals surface area contributed by atoms with Gasteiger partial charge in [-0.1, -0.05) is 23.9 Å². The molecule has 4 heterocycles. The lowest BCUT2D eigenvalue weighted by atomic mass is 9.97. The highest BCUT2D eigenvalue weighted by atomic mass is 32.2. The highest BCUT2D eigenvalue weighted by Gasteiger charge is 2.35. The molecule has 3 aromatic rings. The average molecular weight is 482 g/mol. The van der Waals surface area contributed by atoms with Gasteiger partial charge in [-0.2, -0.15) is 0 Å². The molecule has 3 aliphatic rings. The van der Waals surface area contributed by atoms with Crippen molar-refractivity contribution >= 4 is 45.1 Å². The maximum absolute atomic E-state index is 13.7. The summed E-state index contributed by atoms with van der Waals surface area (Å²) in [5.41, 5.74) is 1.99. The predicted octanol–water partition coefficient (Wildman–Crippen LogP) is 3.86. The first-order chi connectivity index (χ1) is 16.1. The van der Waals surface area contributed by atoms with E-state index in [0.29, 0.717) is 29.4 Å². The number of thiophene rings is 1. The zero-order valence-corrected chi connectivity index (χ0v) is 19.7. The van der Waals surface area contributed by atoms with Crippen LogP contribution in [0.3, 0.4) is 0 Å². The fraction of sp³-hybridized carbons (Fsp3) is 0.417. The summed E-state index contributed by atoms with van der Waals surface area (Å²) in [5, 5.41) is 1.29. The van der Waals surface area contributed by atoms with Crippen LogP contribution < -0.4 is 5.56 Å². The molecule has 7 nitrogen and oxygen atoms in total. The Morgan fingerprint density at radius 1 is 1.06 bits per heavy atom. The van der Waals surface area contributed by atoms with E-state index in [2.05, 4.69) is 0 Å². The van der Waals surface area contributed by atoms with Crippen LogP contribution in [-0.4, -0.2) is 44.9 Å². The Labute approximate surface area is 198 Å². The van der Waals surface area contributed by atoms with E-state index in [1.807, 2.05) is 0 Å². The molecule has 0 bridgehead atoms. The SMILES string of the molecule is O=C1c2ccccc2C(=O)N1CSc1nc2sc3c(c2c(=O)n1CC1CCCO1)CCCC3. The van der Waals surface area contributed by atoms with Gasteiger partial charge in [-0.25, -0.2) is 4.98 Å². The lowest BCUT2D eigenvalue weighted by Crippen LogP contribution is -2.32. The number of imide groups is 1. The maximum Gasteiger partial charge on any atom is 0.263 e. The van der Waals surface area contributed by atoms with Crippen molar-refractivity contribution in [3.05, 3.63) is 56.2 Å². The number of rotatable bonds is 5. The van der Waals surface area contributed by atoms with Crippen LogP contribution in [0.4, 0.5) is 0 Å². The van der Waals surface area contributed by atoms with E-state index in [-0.39, 0.29) is 29.4 Å². The van der Waals surface area contributed by atoms with Crippen molar-refractivity contribution in [1.29, 1.82) is 0 Å². The van der Waals surface area contributed by atoms with E-state index >= 15 is 0 Å². The van der Waals surface area contributed by atoms with Gasteiger partial charge in [0, 0.05) is 11.5 Å². The molecule has 33 heavy (non-hydrogen) atoms. The van der Waals surface area contributed by atoms with Gasteiger partial charge >= 0.3 is 0 Å². The Balaban J connectivity index is 1.36. The van der Waals surface area contributed by atoms with Gasteiger partial charge < -0.3 is 4.74 Å². The van der Waals surface area contributed by atoms with Crippen LogP contribution in [0.1, 0.15) is 56.8 Å². The van der Waals surface area contributed by atoms with Gasteiger partial charge in [-0.05, 0) is 56.2 Å². The molecule has 1 saturated heterocycles. The first kappa shape index (κ1) is 21.1. The normalized spacial score (nSPS) is 20.0. The highest BCUT2D eigenvalue weighted by molar-refractivity contribution is 7.99. The van der Waals surface area contributed by atoms with E-state index in [0.717, 1.165) is 54.3 Å². The quantitative estimate of drug-likeness (QED) is 0.313. The minimum absolute atomic E-state index is 0.0185. The standard InChI is InChI=1S/C24H23N3O4S2/c28-21-15-7-1-2-8-16(15)22(29)27(21)13-32-24-25-20-19(17-9-3-4-10-18(17)33-20)23(30)26(24)12-14-6-5-11-31-14/h1-2,7-8,14H,3-6,9-13H2. The molecule has 0 saturated carbocycles. The number of hydrogen-bond donors (Lipinski definition) is 0. The molecule has 6 rings (SSSR count). The third kappa shape index (κ3) is 3.53. The molecule has 1 unspecified atom stereocenters. The van der Waals surface area contributed by atoms with E-state index in [4.69, 9.17) is 9.72 Å². The summed E-state index contributed by atoms with van der Waals surface area (Å²) in [7, 11) is 0. The fourth-order valence-corrected chi connectivity index (χ4v) is 7.22. The Kier molecular flexibility index (Phi) is 5.35. The number of carbonyl (C=O) groups excluding carboxylic acids is 2. The van der Waals surface area contributed by atoms with Crippen LogP contribution in [-0.2, 0) is 24.1 Å². The smallest absolute Gasteiger partial charge is 0.263 e. The van der Waals surface area contributed by atoms with Crippen molar-refractivity contribution in [2.45, 2.75) is 56.3 Å². The molecule has 9 heteroatoms. The van der Waals surface area contributed by atoms with Gasteiger partial charge in [0.2, 0.25) is 0 Å². The molecular weight excluding hydrogens is 458 g/mol. The molecule has 0 N–H and O–H groups in total. The van der Waals surface area contributed by atoms with Crippen molar-refractivity contribution in [1.82, 2.24) is 14.5 Å². The van der Waals surface area contributed by atoms with E-state index in [1.54, 1.807) is 40.2 Å². The second kappa shape index (κ2) is 8.38. The fourth-order valence-electron chi connectivity index (χ4n) is 4.96. The van der Waals surface area contributed by atoms with Gasteiger partial charge in [0.25, 0.3) is 17.4 Å². The number of aromatic nitrogens is 2. The molecule has 1 aromatic carbocycles. The van der Waals surface area contributed by atoms with Crippen molar-refractivity contribution in [2.75, 3.05) is 12.5 Å². The summed E-state index contributed by atoms with van der Waals surface area (Å²) in [6, 6.07) is 6.87. The predicted molar refractivity (Wildman–Crippen MR) is 127 cm³/mol. The lowest BCUT2D eigenvalue weighted by molar-refractivity contribution is 0.0683. The summed E-state index contributed by atoms with van der Waals surface area (Å²) >= 11 is 2.88. The Morgan fingerprint density at radius 3 is 2.55 bits per heavy atom. The van der Waals surface area contributed by atoms with Crippen LogP contribution in [0.5, 0.6) is 0 Å². The maximum atomic E-state index is 13.7. The molecule has 1 atom stereocenters. The number of nitrogens with zero attached hydrogens (tertiary/aromatic N) is 3.